The van der Waals surface area contributed by atoms with E-state index >= 15 is 0 Å². The second kappa shape index (κ2) is 5.72. The quantitative estimate of drug-likeness (QED) is 0.651. The minimum absolute atomic E-state index is 0.694. The highest BCUT2D eigenvalue weighted by Crippen LogP contribution is 2.20. The average molecular weight is 199 g/mol. The van der Waals surface area contributed by atoms with Crippen LogP contribution in [0.15, 0.2) is 0 Å². The van der Waals surface area contributed by atoms with Gasteiger partial charge in [-0.15, -0.1) is 0 Å². The molecule has 1 fully saturated rings. The fraction of sp³-hybridized carbons (Fsp3) is 1.00. The second-order valence-electron chi connectivity index (χ2n) is 4.87. The van der Waals surface area contributed by atoms with Crippen LogP contribution in [0.2, 0.25) is 0 Å². The van der Waals surface area contributed by atoms with Crippen molar-refractivity contribution in [1.82, 2.24) is 4.90 Å². The van der Waals surface area contributed by atoms with Gasteiger partial charge in [0.2, 0.25) is 0 Å². The zero-order valence-electron chi connectivity index (χ0n) is 10.1. The molecule has 0 spiro atoms. The van der Waals surface area contributed by atoms with Crippen molar-refractivity contribution in [2.75, 3.05) is 26.8 Å². The van der Waals surface area contributed by atoms with Crippen LogP contribution in [-0.4, -0.2) is 37.7 Å². The van der Waals surface area contributed by atoms with Crippen LogP contribution in [0.25, 0.3) is 0 Å². The lowest BCUT2D eigenvalue weighted by molar-refractivity contribution is -0.0574. The summed E-state index contributed by atoms with van der Waals surface area (Å²) in [5.74, 6) is 1.71. The number of rotatable bonds is 6. The van der Waals surface area contributed by atoms with Crippen LogP contribution in [0.1, 0.15) is 33.6 Å². The van der Waals surface area contributed by atoms with Gasteiger partial charge < -0.3 is 4.74 Å². The van der Waals surface area contributed by atoms with Crippen LogP contribution in [0.3, 0.4) is 0 Å². The standard InChI is InChI=1S/C12H25NO/c1-5-11(10(2)3)6-7-13(4)12-8-14-9-12/h10-12H,5-9H2,1-4H3. The Balaban J connectivity index is 2.16. The van der Waals surface area contributed by atoms with Crippen molar-refractivity contribution < 1.29 is 4.74 Å². The van der Waals surface area contributed by atoms with Gasteiger partial charge in [0.05, 0.1) is 19.3 Å². The molecule has 1 aliphatic rings. The van der Waals surface area contributed by atoms with Crippen molar-refractivity contribution in [3.05, 3.63) is 0 Å². The summed E-state index contributed by atoms with van der Waals surface area (Å²) in [6.45, 7) is 10.1. The number of nitrogens with zero attached hydrogens (tertiary/aromatic N) is 1. The summed E-state index contributed by atoms with van der Waals surface area (Å²) in [5.41, 5.74) is 0. The van der Waals surface area contributed by atoms with Gasteiger partial charge in [-0.25, -0.2) is 0 Å². The lowest BCUT2D eigenvalue weighted by atomic mass is 9.90. The van der Waals surface area contributed by atoms with Crippen molar-refractivity contribution in [3.63, 3.8) is 0 Å². The summed E-state index contributed by atoms with van der Waals surface area (Å²) in [6.07, 6.45) is 2.65. The Morgan fingerprint density at radius 2 is 2.00 bits per heavy atom. The molecule has 1 heterocycles. The van der Waals surface area contributed by atoms with Crippen molar-refractivity contribution in [2.24, 2.45) is 11.8 Å². The minimum Gasteiger partial charge on any atom is -0.378 e. The molecule has 0 aliphatic carbocycles. The Kier molecular flexibility index (Phi) is 4.90. The van der Waals surface area contributed by atoms with Crippen LogP contribution in [0.5, 0.6) is 0 Å². The van der Waals surface area contributed by atoms with Gasteiger partial charge in [0.25, 0.3) is 0 Å². The molecule has 0 amide bonds. The van der Waals surface area contributed by atoms with Gasteiger partial charge in [-0.1, -0.05) is 27.2 Å². The van der Waals surface area contributed by atoms with E-state index in [4.69, 9.17) is 4.74 Å². The molecule has 14 heavy (non-hydrogen) atoms. The molecule has 0 saturated carbocycles. The second-order valence-corrected chi connectivity index (χ2v) is 4.87. The zero-order chi connectivity index (χ0) is 10.6. The average Bonchev–Trinajstić information content (AvgIpc) is 2.01. The molecule has 0 bridgehead atoms. The van der Waals surface area contributed by atoms with Gasteiger partial charge in [-0.05, 0) is 31.8 Å². The number of hydrogen-bond donors (Lipinski definition) is 0. The molecule has 2 nitrogen and oxygen atoms in total. The Morgan fingerprint density at radius 3 is 2.36 bits per heavy atom. The Hall–Kier alpha value is -0.0800. The summed E-state index contributed by atoms with van der Waals surface area (Å²) < 4.78 is 5.19. The first kappa shape index (κ1) is 12.0. The fourth-order valence-corrected chi connectivity index (χ4v) is 2.04. The minimum atomic E-state index is 0.694. The van der Waals surface area contributed by atoms with Crippen molar-refractivity contribution in [2.45, 2.75) is 39.7 Å². The van der Waals surface area contributed by atoms with E-state index in [0.717, 1.165) is 25.0 Å². The van der Waals surface area contributed by atoms with Gasteiger partial charge in [-0.3, -0.25) is 4.90 Å². The Morgan fingerprint density at radius 1 is 1.36 bits per heavy atom. The molecule has 1 atom stereocenters. The third kappa shape index (κ3) is 3.25. The Labute approximate surface area is 88.6 Å². The van der Waals surface area contributed by atoms with E-state index in [1.807, 2.05) is 0 Å². The van der Waals surface area contributed by atoms with Crippen LogP contribution in [0.4, 0.5) is 0 Å². The number of hydrogen-bond acceptors (Lipinski definition) is 2. The predicted octanol–water partition coefficient (Wildman–Crippen LogP) is 2.39. The van der Waals surface area contributed by atoms with Crippen LogP contribution in [0, 0.1) is 11.8 Å². The molecule has 0 aromatic carbocycles. The smallest absolute Gasteiger partial charge is 0.0645 e. The molecule has 0 N–H and O–H groups in total. The van der Waals surface area contributed by atoms with Gasteiger partial charge >= 0.3 is 0 Å². The molecule has 2 heteroatoms. The zero-order valence-corrected chi connectivity index (χ0v) is 10.1. The monoisotopic (exact) mass is 199 g/mol. The molecule has 1 saturated heterocycles. The van der Waals surface area contributed by atoms with E-state index in [2.05, 4.69) is 32.7 Å². The van der Waals surface area contributed by atoms with E-state index < -0.39 is 0 Å². The third-order valence-electron chi connectivity index (χ3n) is 3.56. The van der Waals surface area contributed by atoms with Gasteiger partial charge in [0.15, 0.2) is 0 Å². The molecule has 0 aromatic rings. The normalized spacial score (nSPS) is 20.1. The van der Waals surface area contributed by atoms with E-state index in [0.29, 0.717) is 6.04 Å². The van der Waals surface area contributed by atoms with Crippen molar-refractivity contribution >= 4 is 0 Å². The van der Waals surface area contributed by atoms with E-state index in [1.165, 1.54) is 19.4 Å². The summed E-state index contributed by atoms with van der Waals surface area (Å²) in [6, 6.07) is 0.694. The SMILES string of the molecule is CCC(CCN(C)C1COC1)C(C)C. The lowest BCUT2D eigenvalue weighted by Gasteiger charge is -2.35. The molecule has 1 aliphatic heterocycles. The highest BCUT2D eigenvalue weighted by molar-refractivity contribution is 4.75. The molecular formula is C12H25NO. The van der Waals surface area contributed by atoms with Gasteiger partial charge in [0.1, 0.15) is 0 Å². The first-order chi connectivity index (χ1) is 6.65. The van der Waals surface area contributed by atoms with E-state index in [9.17, 15) is 0 Å². The fourth-order valence-electron chi connectivity index (χ4n) is 2.04. The summed E-state index contributed by atoms with van der Waals surface area (Å²) in [4.78, 5) is 2.45. The highest BCUT2D eigenvalue weighted by Gasteiger charge is 2.23. The first-order valence-corrected chi connectivity index (χ1v) is 5.93. The summed E-state index contributed by atoms with van der Waals surface area (Å²) >= 11 is 0. The summed E-state index contributed by atoms with van der Waals surface area (Å²) in [7, 11) is 2.22. The lowest BCUT2D eigenvalue weighted by Crippen LogP contribution is -2.47. The number of likely N-dealkylation sites (N-methyl/N-ethyl adjacent to an activating group) is 1. The van der Waals surface area contributed by atoms with Crippen LogP contribution < -0.4 is 0 Å². The topological polar surface area (TPSA) is 12.5 Å². The molecule has 0 radical (unpaired) electrons. The number of ether oxygens (including phenoxy) is 1. The highest BCUT2D eigenvalue weighted by atomic mass is 16.5. The van der Waals surface area contributed by atoms with Crippen molar-refractivity contribution in [3.8, 4) is 0 Å². The molecule has 0 aromatic heterocycles. The molecule has 1 unspecified atom stereocenters. The molecule has 1 rings (SSSR count). The third-order valence-corrected chi connectivity index (χ3v) is 3.56. The van der Waals surface area contributed by atoms with Crippen LogP contribution >= 0.6 is 0 Å². The predicted molar refractivity (Wildman–Crippen MR) is 60.5 cm³/mol. The van der Waals surface area contributed by atoms with Gasteiger partial charge in [-0.2, -0.15) is 0 Å². The maximum absolute atomic E-state index is 5.19. The largest absolute Gasteiger partial charge is 0.378 e. The molecule has 84 valence electrons. The maximum Gasteiger partial charge on any atom is 0.0645 e. The van der Waals surface area contributed by atoms with Crippen LogP contribution in [-0.2, 0) is 4.74 Å². The van der Waals surface area contributed by atoms with Crippen molar-refractivity contribution in [1.29, 1.82) is 0 Å². The van der Waals surface area contributed by atoms with E-state index in [1.54, 1.807) is 0 Å². The van der Waals surface area contributed by atoms with E-state index in [-0.39, 0.29) is 0 Å². The molecular weight excluding hydrogens is 174 g/mol. The Bertz CT molecular complexity index is 154. The maximum atomic E-state index is 5.19. The summed E-state index contributed by atoms with van der Waals surface area (Å²) in [5, 5.41) is 0. The van der Waals surface area contributed by atoms with Gasteiger partial charge in [0, 0.05) is 0 Å². The first-order valence-electron chi connectivity index (χ1n) is 5.93.